The second-order valence-electron chi connectivity index (χ2n) is 4.28. The van der Waals surface area contributed by atoms with E-state index >= 15 is 0 Å². The molecule has 0 aromatic rings. The zero-order valence-corrected chi connectivity index (χ0v) is 12.1. The Hall–Kier alpha value is -0.970. The summed E-state index contributed by atoms with van der Waals surface area (Å²) < 4.78 is 180. The van der Waals surface area contributed by atoms with E-state index in [2.05, 4.69) is 0 Å². The Kier molecular flexibility index (Phi) is 8.12. The summed E-state index contributed by atoms with van der Waals surface area (Å²) in [5, 5.41) is 0. The maximum atomic E-state index is 13.0. The Morgan fingerprint density at radius 1 is 0.720 bits per heavy atom. The maximum absolute atomic E-state index is 13.0. The van der Waals surface area contributed by atoms with Crippen LogP contribution >= 0.6 is 0 Å². The number of hydrogen-bond acceptors (Lipinski definition) is 3. The van der Waals surface area contributed by atoms with Crippen molar-refractivity contribution in [2.24, 2.45) is 0 Å². The second-order valence-corrected chi connectivity index (χ2v) is 5.72. The lowest BCUT2D eigenvalue weighted by molar-refractivity contribution is -0.337. The van der Waals surface area contributed by atoms with Gasteiger partial charge in [0.05, 0.1) is 0 Å². The Morgan fingerprint density at radius 3 is 1.36 bits per heavy atom. The van der Waals surface area contributed by atoms with Crippen LogP contribution in [0.15, 0.2) is 0 Å². The minimum absolute atomic E-state index is 0. The minimum atomic E-state index is -7.36. The third-order valence-electron chi connectivity index (χ3n) is 2.55. The van der Waals surface area contributed by atoms with Crippen molar-refractivity contribution >= 4 is 10.1 Å². The molecule has 0 aliphatic rings. The molecule has 17 heteroatoms. The Labute approximate surface area is 131 Å². The normalized spacial score (nSPS) is 19.1. The first-order chi connectivity index (χ1) is 10.3. The average Bonchev–Trinajstić information content (AvgIpc) is 2.42. The molecule has 4 N–H and O–H groups in total. The molecule has 0 aliphatic carbocycles. The molecule has 0 rings (SSSR count). The molecule has 0 radical (unpaired) electrons. The van der Waals surface area contributed by atoms with E-state index in [4.69, 9.17) is 4.55 Å². The fraction of sp³-hybridized carbons (Fsp3) is 1.00. The fourth-order valence-corrected chi connectivity index (χ4v) is 1.75. The lowest BCUT2D eigenvalue weighted by Gasteiger charge is -2.35. The van der Waals surface area contributed by atoms with E-state index in [9.17, 15) is 61.1 Å². The molecule has 0 spiro atoms. The molecule has 0 heterocycles. The third-order valence-corrected chi connectivity index (χ3v) is 3.37. The van der Waals surface area contributed by atoms with E-state index in [-0.39, 0.29) is 6.15 Å². The topological polar surface area (TPSA) is 89.4 Å². The highest BCUT2D eigenvalue weighted by molar-refractivity contribution is 7.86. The van der Waals surface area contributed by atoms with Gasteiger partial charge in [-0.15, -0.1) is 0 Å². The SMILES string of the molecule is N.O=S(=O)(O)C(F)C(F)(F)C(F)(F)C(F)(F)C(F)C(F)C(F)C(F)F. The molecule has 4 unspecified atom stereocenters. The summed E-state index contributed by atoms with van der Waals surface area (Å²) in [6, 6.07) is 0. The van der Waals surface area contributed by atoms with Crippen LogP contribution < -0.4 is 6.15 Å². The van der Waals surface area contributed by atoms with E-state index in [0.29, 0.717) is 0 Å². The van der Waals surface area contributed by atoms with Gasteiger partial charge in [-0.05, 0) is 0 Å². The van der Waals surface area contributed by atoms with Gasteiger partial charge in [0.25, 0.3) is 11.9 Å². The van der Waals surface area contributed by atoms with Crippen LogP contribution in [0.1, 0.15) is 0 Å². The Morgan fingerprint density at radius 2 is 1.08 bits per heavy atom. The maximum Gasteiger partial charge on any atom is 0.379 e. The molecule has 4 nitrogen and oxygen atoms in total. The lowest BCUT2D eigenvalue weighted by atomic mass is 9.96. The number of alkyl halides is 12. The molecule has 0 aromatic heterocycles. The standard InChI is InChI=1S/C8H6F12O3S.H3N/c9-1(2(10)4(12)13)3(11)6(15,16)8(19,20)7(17,18)5(14)24(21,22)23;/h1-5H,(H,21,22,23);1H3. The first-order valence-corrected chi connectivity index (χ1v) is 6.78. The zero-order valence-electron chi connectivity index (χ0n) is 11.3. The van der Waals surface area contributed by atoms with Gasteiger partial charge in [-0.2, -0.15) is 34.8 Å². The Balaban J connectivity index is 0. The monoisotopic (exact) mass is 427 g/mol. The van der Waals surface area contributed by atoms with Crippen LogP contribution in [0.2, 0.25) is 0 Å². The summed E-state index contributed by atoms with van der Waals surface area (Å²) in [5.74, 6) is -21.4. The van der Waals surface area contributed by atoms with Crippen molar-refractivity contribution in [3.05, 3.63) is 0 Å². The van der Waals surface area contributed by atoms with E-state index in [1.54, 1.807) is 0 Å². The van der Waals surface area contributed by atoms with Gasteiger partial charge in [0.2, 0.25) is 6.17 Å². The van der Waals surface area contributed by atoms with Gasteiger partial charge in [-0.3, -0.25) is 4.55 Å². The van der Waals surface area contributed by atoms with Gasteiger partial charge in [0.15, 0.2) is 12.3 Å². The van der Waals surface area contributed by atoms with Gasteiger partial charge in [-0.1, -0.05) is 0 Å². The van der Waals surface area contributed by atoms with Crippen LogP contribution in [0, 0.1) is 0 Å². The molecule has 0 amide bonds. The van der Waals surface area contributed by atoms with Crippen molar-refractivity contribution in [3.63, 3.8) is 0 Å². The van der Waals surface area contributed by atoms with E-state index in [0.717, 1.165) is 0 Å². The van der Waals surface area contributed by atoms with Crippen LogP contribution in [0.25, 0.3) is 0 Å². The summed E-state index contributed by atoms with van der Waals surface area (Å²) in [6.45, 7) is 0. The van der Waals surface area contributed by atoms with Gasteiger partial charge in [0.1, 0.15) is 0 Å². The molecule has 0 aliphatic heterocycles. The quantitative estimate of drug-likeness (QED) is 0.458. The highest BCUT2D eigenvalue weighted by atomic mass is 32.2. The molecule has 25 heavy (non-hydrogen) atoms. The number of halogens is 12. The summed E-state index contributed by atoms with van der Waals surface area (Å²) in [6.07, 6.45) is -19.0. The van der Waals surface area contributed by atoms with Crippen LogP contribution in [-0.2, 0) is 10.1 Å². The smallest absolute Gasteiger partial charge is 0.344 e. The van der Waals surface area contributed by atoms with Gasteiger partial charge >= 0.3 is 27.9 Å². The molecule has 0 saturated carbocycles. The van der Waals surface area contributed by atoms with Crippen LogP contribution in [0.3, 0.4) is 0 Å². The molecule has 0 aromatic carbocycles. The van der Waals surface area contributed by atoms with Gasteiger partial charge in [-0.25, -0.2) is 26.3 Å². The van der Waals surface area contributed by atoms with E-state index in [1.165, 1.54) is 0 Å². The predicted octanol–water partition coefficient (Wildman–Crippen LogP) is 3.52. The molecule has 0 bridgehead atoms. The van der Waals surface area contributed by atoms with Crippen LogP contribution in [0.4, 0.5) is 52.7 Å². The molecule has 154 valence electrons. The van der Waals surface area contributed by atoms with Crippen molar-refractivity contribution in [2.45, 2.75) is 48.2 Å². The minimum Gasteiger partial charge on any atom is -0.344 e. The van der Waals surface area contributed by atoms with E-state index < -0.39 is 58.3 Å². The molecular formula is C8H9F12NO3S. The first-order valence-electron chi connectivity index (χ1n) is 5.27. The summed E-state index contributed by atoms with van der Waals surface area (Å²) in [7, 11) is -6.72. The second kappa shape index (κ2) is 7.73. The van der Waals surface area contributed by atoms with E-state index in [1.807, 2.05) is 0 Å². The van der Waals surface area contributed by atoms with Crippen molar-refractivity contribution < 1.29 is 65.7 Å². The van der Waals surface area contributed by atoms with Crippen molar-refractivity contribution in [3.8, 4) is 0 Å². The molecular weight excluding hydrogens is 418 g/mol. The summed E-state index contributed by atoms with van der Waals surface area (Å²) in [4.78, 5) is 0. The lowest BCUT2D eigenvalue weighted by Crippen LogP contribution is -2.64. The predicted molar refractivity (Wildman–Crippen MR) is 57.0 cm³/mol. The first kappa shape index (κ1) is 26.3. The highest BCUT2D eigenvalue weighted by Crippen LogP contribution is 2.52. The largest absolute Gasteiger partial charge is 0.379 e. The highest BCUT2D eigenvalue weighted by Gasteiger charge is 2.80. The van der Waals surface area contributed by atoms with Gasteiger partial charge < -0.3 is 6.15 Å². The van der Waals surface area contributed by atoms with Gasteiger partial charge in [0, 0.05) is 0 Å². The molecule has 0 saturated heterocycles. The number of rotatable bonds is 8. The third kappa shape index (κ3) is 4.60. The fourth-order valence-electron chi connectivity index (χ4n) is 1.23. The van der Waals surface area contributed by atoms with Crippen LogP contribution in [-0.4, -0.2) is 61.2 Å². The molecule has 4 atom stereocenters. The Bertz CT molecular complexity index is 540. The van der Waals surface area contributed by atoms with Crippen molar-refractivity contribution in [1.82, 2.24) is 6.15 Å². The zero-order chi connectivity index (χ0) is 19.9. The van der Waals surface area contributed by atoms with Crippen molar-refractivity contribution in [2.75, 3.05) is 0 Å². The number of hydrogen-bond donors (Lipinski definition) is 2. The summed E-state index contributed by atoms with van der Waals surface area (Å²) >= 11 is 0. The van der Waals surface area contributed by atoms with Crippen molar-refractivity contribution in [1.29, 1.82) is 0 Å². The summed E-state index contributed by atoms with van der Waals surface area (Å²) in [5.41, 5.74) is -5.41. The molecule has 0 fully saturated rings. The average molecular weight is 427 g/mol. The van der Waals surface area contributed by atoms with Crippen LogP contribution in [0.5, 0.6) is 0 Å².